The number of ether oxygens (including phenoxy) is 9. The number of aromatic nitrogens is 2. The number of methoxy groups -OCH3 is 9. The van der Waals surface area contributed by atoms with Crippen LogP contribution in [0.15, 0.2) is 249 Å². The number of ketones is 1. The van der Waals surface area contributed by atoms with Crippen LogP contribution in [0.3, 0.4) is 0 Å². The number of imide groups is 1. The Bertz CT molecular complexity index is 5120. The molecule has 2 amide bonds. The molecule has 0 aliphatic carbocycles. The summed E-state index contributed by atoms with van der Waals surface area (Å²) in [6.07, 6.45) is 7.74. The number of carbonyl (C=O) groups is 8. The van der Waals surface area contributed by atoms with E-state index in [9.17, 15) is 38.4 Å². The third-order valence-corrected chi connectivity index (χ3v) is 19.6. The first-order valence-electron chi connectivity index (χ1n) is 39.0. The van der Waals surface area contributed by atoms with Crippen molar-refractivity contribution in [2.24, 2.45) is 0 Å². The highest BCUT2D eigenvalue weighted by Gasteiger charge is 2.33. The van der Waals surface area contributed by atoms with Crippen LogP contribution in [-0.4, -0.2) is 131 Å². The van der Waals surface area contributed by atoms with E-state index in [1.54, 1.807) is 66.5 Å². The highest BCUT2D eigenvalue weighted by Crippen LogP contribution is 2.35. The van der Waals surface area contributed by atoms with Gasteiger partial charge in [0.1, 0.15) is 40.2 Å². The Morgan fingerprint density at radius 1 is 0.378 bits per heavy atom. The van der Waals surface area contributed by atoms with Crippen molar-refractivity contribution in [1.82, 2.24) is 14.2 Å². The maximum absolute atomic E-state index is 12.6. The molecule has 0 spiro atoms. The number of esters is 2. The second-order valence-corrected chi connectivity index (χ2v) is 27.8. The normalized spacial score (nSPS) is 12.5. The molecule has 2 aromatic heterocycles. The van der Waals surface area contributed by atoms with Crippen molar-refractivity contribution in [1.29, 1.82) is 0 Å². The van der Waals surface area contributed by atoms with Crippen LogP contribution in [0.4, 0.5) is 0 Å². The number of amides is 2. The van der Waals surface area contributed by atoms with Crippen LogP contribution in [0.5, 0.6) is 40.2 Å². The van der Waals surface area contributed by atoms with Crippen molar-refractivity contribution in [2.45, 2.75) is 130 Å². The van der Waals surface area contributed by atoms with Gasteiger partial charge in [-0.05, 0) is 161 Å². The van der Waals surface area contributed by atoms with E-state index in [0.29, 0.717) is 40.9 Å². The summed E-state index contributed by atoms with van der Waals surface area (Å²) in [4.78, 5) is 95.8. The van der Waals surface area contributed by atoms with Crippen LogP contribution in [0.1, 0.15) is 172 Å². The number of hydrogen-bond acceptors (Lipinski definition) is 18. The largest absolute Gasteiger partial charge is 0.496 e. The van der Waals surface area contributed by atoms with E-state index >= 15 is 0 Å². The molecule has 1 aliphatic rings. The maximum atomic E-state index is 12.6. The van der Waals surface area contributed by atoms with Gasteiger partial charge in [-0.15, -0.1) is 5.06 Å². The van der Waals surface area contributed by atoms with Crippen molar-refractivity contribution < 1.29 is 90.9 Å². The lowest BCUT2D eigenvalue weighted by atomic mass is 9.96. The first kappa shape index (κ1) is 94.6. The Hall–Kier alpha value is -13.2. The average Bonchev–Trinajstić information content (AvgIpc) is 1.68. The van der Waals surface area contributed by atoms with Gasteiger partial charge in [0.05, 0.1) is 94.3 Å². The molecule has 9 aromatic carbocycles. The smallest absolute Gasteiger partial charge is 0.333 e. The molecule has 1 aliphatic heterocycles. The lowest BCUT2D eigenvalue weighted by Crippen LogP contribution is -2.32. The van der Waals surface area contributed by atoms with E-state index in [-0.39, 0.29) is 73.0 Å². The molecule has 11 aromatic rings. The molecule has 22 heteroatoms. The third-order valence-electron chi connectivity index (χ3n) is 19.6. The Morgan fingerprint density at radius 3 is 1.13 bits per heavy atom. The molecule has 3 heterocycles. The zero-order chi connectivity index (χ0) is 86.9. The number of aryl methyl sites for hydroxylation is 1. The van der Waals surface area contributed by atoms with Crippen LogP contribution in [0, 0.1) is 0 Å². The summed E-state index contributed by atoms with van der Waals surface area (Å²) < 4.78 is 49.9. The number of benzene rings is 9. The summed E-state index contributed by atoms with van der Waals surface area (Å²) in [5.74, 6) is 3.18. The second kappa shape index (κ2) is 49.6. The second-order valence-electron chi connectivity index (χ2n) is 27.8. The van der Waals surface area contributed by atoms with Crippen molar-refractivity contribution in [3.05, 3.63) is 288 Å². The van der Waals surface area contributed by atoms with Gasteiger partial charge < -0.3 is 57.1 Å². The van der Waals surface area contributed by atoms with E-state index in [0.717, 1.165) is 86.0 Å². The molecular weight excluding hydrogens is 1510 g/mol. The highest BCUT2D eigenvalue weighted by atomic mass is 16.7. The number of carbonyl (C=O) groups excluding carboxylic acids is 7. The van der Waals surface area contributed by atoms with Gasteiger partial charge in [0.25, 0.3) is 11.8 Å². The molecule has 0 saturated carbocycles. The Labute approximate surface area is 698 Å². The predicted molar refractivity (Wildman–Crippen MR) is 463 cm³/mol. The molecule has 0 bridgehead atoms. The number of hydrogen-bond donors (Lipinski definition) is 1. The number of nitrogens with zero attached hydrogens (tertiary/aromatic N) is 3. The third kappa shape index (κ3) is 28.9. The molecule has 1 fully saturated rings. The molecule has 5 atom stereocenters. The van der Waals surface area contributed by atoms with Gasteiger partial charge in [0.2, 0.25) is 5.91 Å². The zero-order valence-electron chi connectivity index (χ0n) is 70.9. The summed E-state index contributed by atoms with van der Waals surface area (Å²) in [5.41, 5.74) is 9.81. The number of allylic oxidation sites excluding steroid dienone is 1. The van der Waals surface area contributed by atoms with Gasteiger partial charge in [-0.2, -0.15) is 0 Å². The van der Waals surface area contributed by atoms with Gasteiger partial charge in [-0.25, -0.2) is 9.59 Å². The number of Topliss-reactive ketones (excluding diaryl/α,β-unsaturated/α-hetero) is 1. The number of aliphatic carboxylic acids is 1. The summed E-state index contributed by atoms with van der Waals surface area (Å²) in [7, 11) is 14.1. The quantitative estimate of drug-likeness (QED) is 0.0217. The molecule has 22 nitrogen and oxygen atoms in total. The van der Waals surface area contributed by atoms with Crippen LogP contribution in [-0.2, 0) is 49.6 Å². The van der Waals surface area contributed by atoms with Gasteiger partial charge in [0.15, 0.2) is 5.78 Å². The highest BCUT2D eigenvalue weighted by molar-refractivity contribution is 6.02. The topological polar surface area (TPSA) is 262 Å². The fourth-order valence-electron chi connectivity index (χ4n) is 13.2. The number of fused-ring (bicyclic) bond motifs is 2. The minimum absolute atomic E-state index is 0.0244. The number of carboxylic acid groups (broad SMARTS) is 1. The minimum Gasteiger partial charge on any atom is -0.496 e. The molecule has 1 N–H and O–H groups in total. The van der Waals surface area contributed by atoms with E-state index < -0.39 is 23.8 Å². The number of carboxylic acids is 1. The fourth-order valence-corrected chi connectivity index (χ4v) is 13.2. The summed E-state index contributed by atoms with van der Waals surface area (Å²) >= 11 is 0. The minimum atomic E-state index is -0.789. The predicted octanol–water partition coefficient (Wildman–Crippen LogP) is 19.9. The van der Waals surface area contributed by atoms with Crippen LogP contribution >= 0.6 is 0 Å². The Morgan fingerprint density at radius 2 is 0.723 bits per heavy atom. The van der Waals surface area contributed by atoms with E-state index in [1.165, 1.54) is 43.7 Å². The van der Waals surface area contributed by atoms with Gasteiger partial charge in [-0.3, -0.25) is 33.3 Å². The monoisotopic (exact) mass is 1620 g/mol. The average molecular weight is 1620 g/mol. The molecule has 12 rings (SSSR count). The molecule has 0 radical (unpaired) electrons. The summed E-state index contributed by atoms with van der Waals surface area (Å²) in [6, 6.07) is 74.1. The number of rotatable bonds is 27. The van der Waals surface area contributed by atoms with Crippen LogP contribution in [0.2, 0.25) is 0 Å². The van der Waals surface area contributed by atoms with E-state index in [1.807, 2.05) is 210 Å². The molecule has 628 valence electrons. The van der Waals surface area contributed by atoms with Crippen LogP contribution < -0.4 is 33.2 Å². The van der Waals surface area contributed by atoms with Crippen LogP contribution in [0.25, 0.3) is 27.4 Å². The standard InChI is InChI=1S/C19H19NO2.C19H21NO.C15H17NO5.C12H16O3.C12H14O3.C11H14O3.C9H10O2/c1-14(16-8-4-6-10-18(16)22-2)13-19(21)20-12-11-15-7-3-5-9-17(15)20;1-15(17-8-4-6-10-19(17)21-2)11-13-20-14-12-16-7-3-5-9-18(16)20;1-10(11-5-3-4-6-12(11)20-2)9-15(19)21-16-13(17)7-8-14(16)18;2*1-9(8-12(13)15-3)10-6-4-5-7-11(10)14-2;1-8(7-11(12)13)9-5-3-4-6-10(9)14-2;1-7(10)8-5-3-4-6-9(8)11-2/h3-12,14H,13H2,1-2H3;3-10,12,14-15H,11,13H2,1-2H3;3-6,10H,7-9H2,1-2H3;4-7,9H,8H2,1-3H3;4-8H,1-3H3;3-6,8H,7H2,1-2H3,(H,12,13);3-6H,1-2H3/b;;;;9-8+;;. The van der Waals surface area contributed by atoms with Gasteiger partial charge >= 0.3 is 23.9 Å². The van der Waals surface area contributed by atoms with Gasteiger partial charge in [0, 0.05) is 60.7 Å². The zero-order valence-corrected chi connectivity index (χ0v) is 70.9. The first-order chi connectivity index (χ1) is 57.3. The first-order valence-corrected chi connectivity index (χ1v) is 39.0. The Balaban J connectivity index is 0.000000218. The molecule has 5 unspecified atom stereocenters. The SMILES string of the molecule is COC(=O)/C=C(\C)c1ccccc1OC.COC(=O)CC(C)c1ccccc1OC.COc1ccccc1C(C)=O.COc1ccccc1C(C)CC(=O)O.COc1ccccc1C(C)CC(=O)ON1C(=O)CCC1=O.COc1ccccc1C(C)CC(=O)n1ccc2ccccc21.COc1ccccc1C(C)CCn1ccc2ccccc21. The summed E-state index contributed by atoms with van der Waals surface area (Å²) in [6.45, 7) is 14.4. The van der Waals surface area contributed by atoms with E-state index in [4.69, 9.17) is 43.1 Å². The molecule has 119 heavy (non-hydrogen) atoms. The van der Waals surface area contributed by atoms with Crippen molar-refractivity contribution in [2.75, 3.05) is 64.0 Å². The number of para-hydroxylation sites is 9. The van der Waals surface area contributed by atoms with Crippen molar-refractivity contribution in [3.63, 3.8) is 0 Å². The lowest BCUT2D eigenvalue weighted by Gasteiger charge is -2.17. The molecule has 1 saturated heterocycles. The lowest BCUT2D eigenvalue weighted by molar-refractivity contribution is -0.197. The van der Waals surface area contributed by atoms with E-state index in [2.05, 4.69) is 76.5 Å². The van der Waals surface area contributed by atoms with Gasteiger partial charge in [-0.1, -0.05) is 192 Å². The van der Waals surface area contributed by atoms with Crippen molar-refractivity contribution >= 4 is 74.8 Å². The molecular formula is C97H111N3O19. The fraction of sp³-hybridized carbons (Fsp3) is 0.299. The number of hydroxylamine groups is 2. The summed E-state index contributed by atoms with van der Waals surface area (Å²) in [5, 5.41) is 11.6. The maximum Gasteiger partial charge on any atom is 0.333 e. The van der Waals surface area contributed by atoms with Crippen molar-refractivity contribution in [3.8, 4) is 40.2 Å². The Kier molecular flexibility index (Phi) is 39.5.